The summed E-state index contributed by atoms with van der Waals surface area (Å²) in [6.07, 6.45) is 0.720. The lowest BCUT2D eigenvalue weighted by atomic mass is 10.2. The van der Waals surface area contributed by atoms with E-state index in [4.69, 9.17) is 0 Å². The Morgan fingerprint density at radius 1 is 1.22 bits per heavy atom. The number of carbonyl (C=O) groups excluding carboxylic acids is 1. The molecule has 0 heterocycles. The molecule has 0 fully saturated rings. The van der Waals surface area contributed by atoms with Crippen molar-refractivity contribution >= 4 is 11.6 Å². The molecule has 0 saturated carbocycles. The van der Waals surface area contributed by atoms with Crippen LogP contribution in [-0.4, -0.2) is 31.4 Å². The summed E-state index contributed by atoms with van der Waals surface area (Å²) in [4.78, 5) is 12.7. The summed E-state index contributed by atoms with van der Waals surface area (Å²) < 4.78 is 39.0. The summed E-state index contributed by atoms with van der Waals surface area (Å²) in [5.74, 6) is -2.98. The third-order valence-electron chi connectivity index (χ3n) is 2.37. The number of anilines is 1. The van der Waals surface area contributed by atoms with Crippen LogP contribution in [0.2, 0.25) is 0 Å². The number of carbonyl (C=O) groups is 1. The van der Waals surface area contributed by atoms with Crippen LogP contribution in [0.15, 0.2) is 12.1 Å². The van der Waals surface area contributed by atoms with Crippen molar-refractivity contribution in [3.8, 4) is 0 Å². The minimum Gasteiger partial charge on any atom is -0.380 e. The van der Waals surface area contributed by atoms with Crippen molar-refractivity contribution in [1.82, 2.24) is 4.90 Å². The third-order valence-corrected chi connectivity index (χ3v) is 2.37. The molecule has 0 saturated heterocycles. The Bertz CT molecular complexity index is 412. The number of hydrogen-bond donors (Lipinski definition) is 1. The summed E-state index contributed by atoms with van der Waals surface area (Å²) in [5, 5.41) is 2.52. The summed E-state index contributed by atoms with van der Waals surface area (Å²) >= 11 is 0. The number of rotatable bonds is 5. The highest BCUT2D eigenvalue weighted by Crippen LogP contribution is 2.20. The van der Waals surface area contributed by atoms with Crippen LogP contribution in [0, 0.1) is 17.5 Å². The van der Waals surface area contributed by atoms with Gasteiger partial charge < -0.3 is 10.2 Å². The lowest BCUT2D eigenvalue weighted by molar-refractivity contribution is -0.128. The van der Waals surface area contributed by atoms with E-state index in [0.29, 0.717) is 18.6 Å². The van der Waals surface area contributed by atoms with E-state index in [2.05, 4.69) is 5.32 Å². The fourth-order valence-electron chi connectivity index (χ4n) is 1.39. The second-order valence-electron chi connectivity index (χ2n) is 4.06. The van der Waals surface area contributed by atoms with E-state index in [-0.39, 0.29) is 24.6 Å². The summed E-state index contributed by atoms with van der Waals surface area (Å²) in [6, 6.07) is 1.22. The molecule has 0 radical (unpaired) electrons. The van der Waals surface area contributed by atoms with Crippen molar-refractivity contribution in [3.05, 3.63) is 29.6 Å². The van der Waals surface area contributed by atoms with Crippen molar-refractivity contribution in [3.63, 3.8) is 0 Å². The number of amides is 1. The maximum atomic E-state index is 13.2. The molecule has 18 heavy (non-hydrogen) atoms. The molecular weight excluding hydrogens is 245 g/mol. The Morgan fingerprint density at radius 3 is 2.28 bits per heavy atom. The molecule has 1 aromatic rings. The maximum absolute atomic E-state index is 13.2. The van der Waals surface area contributed by atoms with Crippen molar-refractivity contribution in [1.29, 1.82) is 0 Å². The van der Waals surface area contributed by atoms with E-state index in [0.717, 1.165) is 0 Å². The minimum atomic E-state index is -0.980. The minimum absolute atomic E-state index is 0.0585. The molecule has 0 aliphatic rings. The van der Waals surface area contributed by atoms with E-state index in [1.165, 1.54) is 4.90 Å². The van der Waals surface area contributed by atoms with Crippen LogP contribution < -0.4 is 5.32 Å². The summed E-state index contributed by atoms with van der Waals surface area (Å²) in [6.45, 7) is 0.235. The van der Waals surface area contributed by atoms with Gasteiger partial charge in [-0.2, -0.15) is 0 Å². The zero-order valence-corrected chi connectivity index (χ0v) is 10.3. The van der Waals surface area contributed by atoms with Crippen LogP contribution in [0.4, 0.5) is 18.9 Å². The molecule has 1 rings (SSSR count). The molecule has 0 aromatic heterocycles. The Morgan fingerprint density at radius 2 is 1.78 bits per heavy atom. The fourth-order valence-corrected chi connectivity index (χ4v) is 1.39. The molecule has 0 bridgehead atoms. The number of halogens is 3. The molecule has 1 N–H and O–H groups in total. The molecule has 3 nitrogen and oxygen atoms in total. The molecule has 0 spiro atoms. The van der Waals surface area contributed by atoms with Gasteiger partial charge in [0.25, 0.3) is 0 Å². The molecular formula is C12H15F3N2O. The number of hydrogen-bond acceptors (Lipinski definition) is 2. The molecule has 1 aromatic carbocycles. The van der Waals surface area contributed by atoms with Gasteiger partial charge in [-0.15, -0.1) is 0 Å². The first-order chi connectivity index (χ1) is 8.41. The Balaban J connectivity index is 2.47. The van der Waals surface area contributed by atoms with Gasteiger partial charge in [0.05, 0.1) is 0 Å². The van der Waals surface area contributed by atoms with Crippen LogP contribution in [0.3, 0.4) is 0 Å². The van der Waals surface area contributed by atoms with Crippen molar-refractivity contribution in [2.45, 2.75) is 12.8 Å². The van der Waals surface area contributed by atoms with Gasteiger partial charge in [-0.1, -0.05) is 0 Å². The summed E-state index contributed by atoms with van der Waals surface area (Å²) in [5.41, 5.74) is -0.367. The normalized spacial score (nSPS) is 10.3. The predicted octanol–water partition coefficient (Wildman–Crippen LogP) is 2.38. The SMILES string of the molecule is CN(C)C(=O)CCCNc1c(F)cc(F)cc1F. The van der Waals surface area contributed by atoms with Crippen molar-refractivity contribution in [2.75, 3.05) is 26.0 Å². The van der Waals surface area contributed by atoms with Crippen molar-refractivity contribution in [2.24, 2.45) is 0 Å². The maximum Gasteiger partial charge on any atom is 0.222 e. The van der Waals surface area contributed by atoms with Gasteiger partial charge in [-0.05, 0) is 6.42 Å². The lowest BCUT2D eigenvalue weighted by Crippen LogP contribution is -2.22. The van der Waals surface area contributed by atoms with E-state index in [9.17, 15) is 18.0 Å². The fraction of sp³-hybridized carbons (Fsp3) is 0.417. The number of nitrogens with zero attached hydrogens (tertiary/aromatic N) is 1. The van der Waals surface area contributed by atoms with Crippen LogP contribution in [0.1, 0.15) is 12.8 Å². The van der Waals surface area contributed by atoms with Crippen LogP contribution in [0.5, 0.6) is 0 Å². The van der Waals surface area contributed by atoms with Gasteiger partial charge in [-0.25, -0.2) is 13.2 Å². The second kappa shape index (κ2) is 6.28. The van der Waals surface area contributed by atoms with Gasteiger partial charge in [0.2, 0.25) is 5.91 Å². The average Bonchev–Trinajstić information content (AvgIpc) is 2.26. The Labute approximate surface area is 104 Å². The highest BCUT2D eigenvalue weighted by molar-refractivity contribution is 5.75. The zero-order valence-electron chi connectivity index (χ0n) is 10.3. The number of benzene rings is 1. The monoisotopic (exact) mass is 260 g/mol. The Hall–Kier alpha value is -1.72. The molecule has 6 heteroatoms. The average molecular weight is 260 g/mol. The summed E-state index contributed by atoms with van der Waals surface area (Å²) in [7, 11) is 3.27. The zero-order chi connectivity index (χ0) is 13.7. The van der Waals surface area contributed by atoms with Gasteiger partial charge in [0.1, 0.15) is 11.5 Å². The first-order valence-electron chi connectivity index (χ1n) is 5.50. The molecule has 100 valence electrons. The van der Waals surface area contributed by atoms with Gasteiger partial charge >= 0.3 is 0 Å². The first-order valence-corrected chi connectivity index (χ1v) is 5.50. The molecule has 0 unspecified atom stereocenters. The smallest absolute Gasteiger partial charge is 0.222 e. The highest BCUT2D eigenvalue weighted by atomic mass is 19.1. The standard InChI is InChI=1S/C12H15F3N2O/c1-17(2)11(18)4-3-5-16-12-9(14)6-8(13)7-10(12)15/h6-7,16H,3-5H2,1-2H3. The largest absolute Gasteiger partial charge is 0.380 e. The highest BCUT2D eigenvalue weighted by Gasteiger charge is 2.11. The number of nitrogens with one attached hydrogen (secondary N) is 1. The third kappa shape index (κ3) is 3.94. The second-order valence-corrected chi connectivity index (χ2v) is 4.06. The Kier molecular flexibility index (Phi) is 5.00. The van der Waals surface area contributed by atoms with E-state index in [1.54, 1.807) is 14.1 Å². The van der Waals surface area contributed by atoms with Gasteiger partial charge in [0.15, 0.2) is 11.6 Å². The van der Waals surface area contributed by atoms with Crippen LogP contribution in [0.25, 0.3) is 0 Å². The topological polar surface area (TPSA) is 32.3 Å². The quantitative estimate of drug-likeness (QED) is 0.824. The van der Waals surface area contributed by atoms with Crippen LogP contribution >= 0.6 is 0 Å². The van der Waals surface area contributed by atoms with Gasteiger partial charge in [0, 0.05) is 39.2 Å². The van der Waals surface area contributed by atoms with E-state index in [1.807, 2.05) is 0 Å². The van der Waals surface area contributed by atoms with Crippen LogP contribution in [-0.2, 0) is 4.79 Å². The van der Waals surface area contributed by atoms with Gasteiger partial charge in [-0.3, -0.25) is 4.79 Å². The molecule has 0 atom stereocenters. The van der Waals surface area contributed by atoms with Crippen molar-refractivity contribution < 1.29 is 18.0 Å². The first kappa shape index (κ1) is 14.3. The predicted molar refractivity (Wildman–Crippen MR) is 62.7 cm³/mol. The molecule has 0 aliphatic carbocycles. The molecule has 0 aliphatic heterocycles. The lowest BCUT2D eigenvalue weighted by Gasteiger charge is -2.11. The van der Waals surface area contributed by atoms with E-state index < -0.39 is 17.5 Å². The van der Waals surface area contributed by atoms with E-state index >= 15 is 0 Å². The molecule has 1 amide bonds.